The topological polar surface area (TPSA) is 35.5 Å². The Labute approximate surface area is 94.9 Å². The number of aliphatic hydroxyl groups excluding tert-OH is 1. The van der Waals surface area contributed by atoms with Gasteiger partial charge in [0.15, 0.2) is 0 Å². The second-order valence-corrected chi connectivity index (χ2v) is 5.38. The van der Waals surface area contributed by atoms with Crippen LogP contribution in [0.4, 0.5) is 0 Å². The van der Waals surface area contributed by atoms with Crippen LogP contribution in [0.2, 0.25) is 0 Å². The van der Waals surface area contributed by atoms with Gasteiger partial charge in [0.1, 0.15) is 0 Å². The third-order valence-corrected chi connectivity index (χ3v) is 2.39. The summed E-state index contributed by atoms with van der Waals surface area (Å²) in [6, 6.07) is 0.520. The van der Waals surface area contributed by atoms with Crippen molar-refractivity contribution in [2.75, 3.05) is 26.2 Å². The Bertz CT molecular complexity index is 152. The van der Waals surface area contributed by atoms with Crippen LogP contribution < -0.4 is 5.32 Å². The van der Waals surface area contributed by atoms with Crippen molar-refractivity contribution < 1.29 is 5.11 Å². The fourth-order valence-corrected chi connectivity index (χ4v) is 1.50. The summed E-state index contributed by atoms with van der Waals surface area (Å²) in [5, 5.41) is 12.4. The van der Waals surface area contributed by atoms with E-state index in [0.717, 1.165) is 26.1 Å². The number of nitrogens with one attached hydrogen (secondary N) is 1. The molecule has 0 spiro atoms. The molecule has 0 aromatic rings. The first-order valence-electron chi connectivity index (χ1n) is 5.97. The maximum atomic E-state index is 8.91. The quantitative estimate of drug-likeness (QED) is 0.633. The predicted molar refractivity (Wildman–Crippen MR) is 66.2 cm³/mol. The van der Waals surface area contributed by atoms with Crippen LogP contribution in [0.15, 0.2) is 0 Å². The molecular formula is C12H28N2O. The summed E-state index contributed by atoms with van der Waals surface area (Å²) >= 11 is 0. The smallest absolute Gasteiger partial charge is 0.0558 e. The largest absolute Gasteiger partial charge is 0.395 e. The first-order chi connectivity index (χ1) is 6.87. The van der Waals surface area contributed by atoms with Crippen LogP contribution in [-0.2, 0) is 0 Å². The maximum Gasteiger partial charge on any atom is 0.0558 e. The van der Waals surface area contributed by atoms with Crippen LogP contribution in [0, 0.1) is 0 Å². The van der Waals surface area contributed by atoms with Crippen molar-refractivity contribution in [3.63, 3.8) is 0 Å². The molecule has 0 aliphatic heterocycles. The van der Waals surface area contributed by atoms with Gasteiger partial charge in [-0.15, -0.1) is 0 Å². The molecule has 0 atom stereocenters. The molecule has 0 radical (unpaired) electrons. The van der Waals surface area contributed by atoms with E-state index in [1.165, 1.54) is 0 Å². The highest BCUT2D eigenvalue weighted by Gasteiger charge is 2.10. The van der Waals surface area contributed by atoms with Gasteiger partial charge in [-0.2, -0.15) is 0 Å². The van der Waals surface area contributed by atoms with Gasteiger partial charge in [-0.3, -0.25) is 4.90 Å². The molecule has 92 valence electrons. The molecule has 0 rings (SSSR count). The lowest BCUT2D eigenvalue weighted by Crippen LogP contribution is -2.39. The first-order valence-corrected chi connectivity index (χ1v) is 5.97. The van der Waals surface area contributed by atoms with Gasteiger partial charge in [0.25, 0.3) is 0 Å². The SMILES string of the molecule is CC(C)N(CCO)CCCNC(C)(C)C. The molecule has 0 aliphatic carbocycles. The van der Waals surface area contributed by atoms with E-state index in [4.69, 9.17) is 5.11 Å². The molecular weight excluding hydrogens is 188 g/mol. The van der Waals surface area contributed by atoms with Crippen LogP contribution in [0.3, 0.4) is 0 Å². The molecule has 0 aromatic heterocycles. The molecule has 0 saturated heterocycles. The van der Waals surface area contributed by atoms with Crippen molar-refractivity contribution in [1.82, 2.24) is 10.2 Å². The summed E-state index contributed by atoms with van der Waals surface area (Å²) in [6.07, 6.45) is 1.13. The normalized spacial score (nSPS) is 12.8. The molecule has 3 nitrogen and oxygen atoms in total. The average Bonchev–Trinajstić information content (AvgIpc) is 2.08. The number of aliphatic hydroxyl groups is 1. The molecule has 2 N–H and O–H groups in total. The Morgan fingerprint density at radius 1 is 1.20 bits per heavy atom. The highest BCUT2D eigenvalue weighted by atomic mass is 16.3. The van der Waals surface area contributed by atoms with E-state index in [2.05, 4.69) is 44.8 Å². The van der Waals surface area contributed by atoms with Crippen LogP contribution in [-0.4, -0.2) is 47.8 Å². The summed E-state index contributed by atoms with van der Waals surface area (Å²) in [5.74, 6) is 0. The van der Waals surface area contributed by atoms with Gasteiger partial charge in [0, 0.05) is 18.1 Å². The van der Waals surface area contributed by atoms with Crippen LogP contribution in [0.1, 0.15) is 41.0 Å². The van der Waals surface area contributed by atoms with Crippen molar-refractivity contribution in [3.05, 3.63) is 0 Å². The summed E-state index contributed by atoms with van der Waals surface area (Å²) in [5.41, 5.74) is 0.208. The lowest BCUT2D eigenvalue weighted by atomic mass is 10.1. The van der Waals surface area contributed by atoms with Crippen molar-refractivity contribution in [1.29, 1.82) is 0 Å². The average molecular weight is 216 g/mol. The Morgan fingerprint density at radius 3 is 2.20 bits per heavy atom. The molecule has 3 heteroatoms. The molecule has 0 aromatic carbocycles. The zero-order valence-electron chi connectivity index (χ0n) is 11.0. The highest BCUT2D eigenvalue weighted by molar-refractivity contribution is 4.71. The maximum absolute atomic E-state index is 8.91. The van der Waals surface area contributed by atoms with Crippen molar-refractivity contribution in [2.24, 2.45) is 0 Å². The predicted octanol–water partition coefficient (Wildman–Crippen LogP) is 1.47. The van der Waals surface area contributed by atoms with Gasteiger partial charge in [0.2, 0.25) is 0 Å². The van der Waals surface area contributed by atoms with Gasteiger partial charge in [0.05, 0.1) is 6.61 Å². The lowest BCUT2D eigenvalue weighted by molar-refractivity contribution is 0.163. The molecule has 15 heavy (non-hydrogen) atoms. The number of hydrogen-bond acceptors (Lipinski definition) is 3. The highest BCUT2D eigenvalue weighted by Crippen LogP contribution is 2.01. The minimum Gasteiger partial charge on any atom is -0.395 e. The Kier molecular flexibility index (Phi) is 7.14. The number of nitrogens with zero attached hydrogens (tertiary/aromatic N) is 1. The zero-order chi connectivity index (χ0) is 11.9. The minimum atomic E-state index is 0.208. The Morgan fingerprint density at radius 2 is 1.80 bits per heavy atom. The summed E-state index contributed by atoms with van der Waals surface area (Å²) < 4.78 is 0. The molecule has 0 aliphatic rings. The minimum absolute atomic E-state index is 0.208. The third-order valence-electron chi connectivity index (χ3n) is 2.39. The van der Waals surface area contributed by atoms with Crippen LogP contribution in [0.25, 0.3) is 0 Å². The van der Waals surface area contributed by atoms with E-state index < -0.39 is 0 Å². The van der Waals surface area contributed by atoms with Gasteiger partial charge in [-0.1, -0.05) is 0 Å². The second-order valence-electron chi connectivity index (χ2n) is 5.38. The Balaban J connectivity index is 3.62. The number of rotatable bonds is 7. The fraction of sp³-hybridized carbons (Fsp3) is 1.00. The molecule has 0 saturated carbocycles. The lowest BCUT2D eigenvalue weighted by Gasteiger charge is -2.26. The molecule has 0 fully saturated rings. The van der Waals surface area contributed by atoms with Crippen molar-refractivity contribution in [2.45, 2.75) is 52.6 Å². The fourth-order valence-electron chi connectivity index (χ4n) is 1.50. The standard InChI is InChI=1S/C12H28N2O/c1-11(2)14(9-10-15)8-6-7-13-12(3,4)5/h11,13,15H,6-10H2,1-5H3. The van der Waals surface area contributed by atoms with Crippen LogP contribution in [0.5, 0.6) is 0 Å². The second kappa shape index (κ2) is 7.20. The van der Waals surface area contributed by atoms with E-state index in [1.807, 2.05) is 0 Å². The van der Waals surface area contributed by atoms with E-state index in [-0.39, 0.29) is 12.1 Å². The van der Waals surface area contributed by atoms with E-state index >= 15 is 0 Å². The molecule has 0 bridgehead atoms. The first kappa shape index (κ1) is 14.9. The summed E-state index contributed by atoms with van der Waals surface area (Å²) in [4.78, 5) is 2.31. The van der Waals surface area contributed by atoms with E-state index in [0.29, 0.717) is 6.04 Å². The van der Waals surface area contributed by atoms with E-state index in [1.54, 1.807) is 0 Å². The monoisotopic (exact) mass is 216 g/mol. The van der Waals surface area contributed by atoms with Gasteiger partial charge < -0.3 is 10.4 Å². The number of hydrogen-bond donors (Lipinski definition) is 2. The van der Waals surface area contributed by atoms with Crippen molar-refractivity contribution >= 4 is 0 Å². The van der Waals surface area contributed by atoms with Gasteiger partial charge in [-0.25, -0.2) is 0 Å². The molecule has 0 heterocycles. The summed E-state index contributed by atoms with van der Waals surface area (Å²) in [7, 11) is 0. The van der Waals surface area contributed by atoms with Crippen LogP contribution >= 0.6 is 0 Å². The molecule has 0 amide bonds. The third kappa shape index (κ3) is 8.85. The zero-order valence-corrected chi connectivity index (χ0v) is 11.0. The Hall–Kier alpha value is -0.120. The van der Waals surface area contributed by atoms with Gasteiger partial charge >= 0.3 is 0 Å². The summed E-state index contributed by atoms with van der Waals surface area (Å²) in [6.45, 7) is 14.0. The van der Waals surface area contributed by atoms with Crippen molar-refractivity contribution in [3.8, 4) is 0 Å². The van der Waals surface area contributed by atoms with E-state index in [9.17, 15) is 0 Å². The molecule has 0 unspecified atom stereocenters. The van der Waals surface area contributed by atoms with Gasteiger partial charge in [-0.05, 0) is 54.1 Å².